The van der Waals surface area contributed by atoms with Crippen LogP contribution in [0.25, 0.3) is 0 Å². The number of nitrogens with zero attached hydrogens (tertiary/aromatic N) is 2. The number of nitrogens with one attached hydrogen (secondary N) is 1. The molecule has 0 aliphatic carbocycles. The van der Waals surface area contributed by atoms with Crippen molar-refractivity contribution in [3.05, 3.63) is 40.9 Å². The lowest BCUT2D eigenvalue weighted by Crippen LogP contribution is -2.19. The Hall–Kier alpha value is -2.08. The molecule has 3 N–H and O–H groups in total. The number of hydrogen-bond acceptors (Lipinski definition) is 3. The van der Waals surface area contributed by atoms with Crippen molar-refractivity contribution < 1.29 is 9.18 Å². The van der Waals surface area contributed by atoms with Crippen LogP contribution in [-0.2, 0) is 6.54 Å². The van der Waals surface area contributed by atoms with Crippen LogP contribution >= 0.6 is 11.6 Å². The summed E-state index contributed by atoms with van der Waals surface area (Å²) in [6.07, 6.45) is 1.39. The molecule has 2 rings (SSSR count). The van der Waals surface area contributed by atoms with Gasteiger partial charge < -0.3 is 11.1 Å². The van der Waals surface area contributed by atoms with E-state index in [1.54, 1.807) is 0 Å². The van der Waals surface area contributed by atoms with Gasteiger partial charge in [0.05, 0.1) is 22.6 Å². The minimum atomic E-state index is -0.489. The summed E-state index contributed by atoms with van der Waals surface area (Å²) in [5, 5.41) is 6.72. The van der Waals surface area contributed by atoms with Gasteiger partial charge in [-0.2, -0.15) is 5.10 Å². The zero-order valence-electron chi connectivity index (χ0n) is 10.2. The molecule has 7 heteroatoms. The maximum absolute atomic E-state index is 13.1. The fourth-order valence-electron chi connectivity index (χ4n) is 1.66. The molecule has 0 bridgehead atoms. The summed E-state index contributed by atoms with van der Waals surface area (Å²) in [7, 11) is 0. The highest BCUT2D eigenvalue weighted by atomic mass is 35.5. The van der Waals surface area contributed by atoms with E-state index >= 15 is 0 Å². The standard InChI is InChI=1S/C12H12ClFN4O/c1-2-18-11(9(15)6-16-18)12(19)17-10-5-7(14)3-4-8(10)13/h3-6H,2,15H2,1H3,(H,17,19). The number of halogens is 2. The lowest BCUT2D eigenvalue weighted by Gasteiger charge is -2.09. The molecule has 0 saturated carbocycles. The molecule has 0 aliphatic heterocycles. The average molecular weight is 283 g/mol. The molecule has 100 valence electrons. The van der Waals surface area contributed by atoms with E-state index in [0.717, 1.165) is 6.07 Å². The van der Waals surface area contributed by atoms with Crippen LogP contribution in [0.2, 0.25) is 5.02 Å². The van der Waals surface area contributed by atoms with Gasteiger partial charge >= 0.3 is 0 Å². The first-order valence-corrected chi connectivity index (χ1v) is 5.98. The predicted molar refractivity (Wildman–Crippen MR) is 71.7 cm³/mol. The Labute approximate surface area is 114 Å². The molecule has 1 heterocycles. The van der Waals surface area contributed by atoms with Gasteiger partial charge in [0.2, 0.25) is 0 Å². The number of hydrogen-bond donors (Lipinski definition) is 2. The number of carbonyl (C=O) groups is 1. The lowest BCUT2D eigenvalue weighted by molar-refractivity contribution is 0.101. The third kappa shape index (κ3) is 2.68. The fraction of sp³-hybridized carbons (Fsp3) is 0.167. The molecule has 1 amide bonds. The minimum Gasteiger partial charge on any atom is -0.396 e. The van der Waals surface area contributed by atoms with Gasteiger partial charge in [0, 0.05) is 6.54 Å². The first-order valence-electron chi connectivity index (χ1n) is 5.60. The summed E-state index contributed by atoms with van der Waals surface area (Å²) in [6, 6.07) is 3.72. The summed E-state index contributed by atoms with van der Waals surface area (Å²) >= 11 is 5.88. The molecule has 19 heavy (non-hydrogen) atoms. The van der Waals surface area contributed by atoms with E-state index in [9.17, 15) is 9.18 Å². The Balaban J connectivity index is 2.30. The summed E-state index contributed by atoms with van der Waals surface area (Å²) in [5.74, 6) is -0.971. The number of aryl methyl sites for hydroxylation is 1. The smallest absolute Gasteiger partial charge is 0.276 e. The third-order valence-electron chi connectivity index (χ3n) is 2.56. The van der Waals surface area contributed by atoms with Crippen LogP contribution in [0.1, 0.15) is 17.4 Å². The van der Waals surface area contributed by atoms with Gasteiger partial charge in [-0.15, -0.1) is 0 Å². The second-order valence-electron chi connectivity index (χ2n) is 3.84. The van der Waals surface area contributed by atoms with E-state index in [2.05, 4.69) is 10.4 Å². The minimum absolute atomic E-state index is 0.190. The normalized spacial score (nSPS) is 10.5. The maximum Gasteiger partial charge on any atom is 0.276 e. The Morgan fingerprint density at radius 3 is 3.00 bits per heavy atom. The highest BCUT2D eigenvalue weighted by Crippen LogP contribution is 2.23. The highest BCUT2D eigenvalue weighted by Gasteiger charge is 2.17. The molecule has 5 nitrogen and oxygen atoms in total. The molecule has 2 aromatic rings. The van der Waals surface area contributed by atoms with Crippen molar-refractivity contribution in [1.82, 2.24) is 9.78 Å². The molecule has 0 spiro atoms. The molecule has 1 aromatic heterocycles. The number of nitrogens with two attached hydrogens (primary N) is 1. The van der Waals surface area contributed by atoms with Gasteiger partial charge in [0.15, 0.2) is 0 Å². The summed E-state index contributed by atoms with van der Waals surface area (Å²) in [5.41, 5.74) is 6.36. The molecule has 0 saturated heterocycles. The number of aromatic nitrogens is 2. The second-order valence-corrected chi connectivity index (χ2v) is 4.25. The average Bonchev–Trinajstić information content (AvgIpc) is 2.75. The molecule has 1 aromatic carbocycles. The van der Waals surface area contributed by atoms with Crippen LogP contribution in [0.4, 0.5) is 15.8 Å². The Bertz CT molecular complexity index is 626. The number of anilines is 2. The molecule has 0 fully saturated rings. The summed E-state index contributed by atoms with van der Waals surface area (Å²) in [4.78, 5) is 12.1. The van der Waals surface area contributed by atoms with Gasteiger partial charge in [0.1, 0.15) is 11.5 Å². The Kier molecular flexibility index (Phi) is 3.71. The molecular weight excluding hydrogens is 271 g/mol. The van der Waals surface area contributed by atoms with Gasteiger partial charge in [-0.1, -0.05) is 11.6 Å². The van der Waals surface area contributed by atoms with Gasteiger partial charge in [0.25, 0.3) is 5.91 Å². The van der Waals surface area contributed by atoms with Crippen molar-refractivity contribution in [2.24, 2.45) is 0 Å². The van der Waals surface area contributed by atoms with Crippen molar-refractivity contribution in [3.8, 4) is 0 Å². The molecule has 0 unspecified atom stereocenters. The van der Waals surface area contributed by atoms with Crippen molar-refractivity contribution >= 4 is 28.9 Å². The van der Waals surface area contributed by atoms with Gasteiger partial charge in [-0.25, -0.2) is 4.39 Å². The van der Waals surface area contributed by atoms with Crippen LogP contribution in [0, 0.1) is 5.82 Å². The zero-order chi connectivity index (χ0) is 14.0. The largest absolute Gasteiger partial charge is 0.396 e. The SMILES string of the molecule is CCn1ncc(N)c1C(=O)Nc1cc(F)ccc1Cl. The van der Waals surface area contributed by atoms with Crippen LogP contribution in [0.3, 0.4) is 0 Å². The van der Waals surface area contributed by atoms with E-state index in [0.29, 0.717) is 6.54 Å². The second kappa shape index (κ2) is 5.27. The highest BCUT2D eigenvalue weighted by molar-refractivity contribution is 6.33. The first-order chi connectivity index (χ1) is 9.02. The number of benzene rings is 1. The van der Waals surface area contributed by atoms with Crippen LogP contribution < -0.4 is 11.1 Å². The van der Waals surface area contributed by atoms with E-state index in [-0.39, 0.29) is 22.1 Å². The third-order valence-corrected chi connectivity index (χ3v) is 2.89. The topological polar surface area (TPSA) is 72.9 Å². The first kappa shape index (κ1) is 13.4. The van der Waals surface area contributed by atoms with Gasteiger partial charge in [-0.3, -0.25) is 9.48 Å². The number of carbonyl (C=O) groups excluding carboxylic acids is 1. The summed E-state index contributed by atoms with van der Waals surface area (Å²) in [6.45, 7) is 2.33. The number of amides is 1. The van der Waals surface area contributed by atoms with E-state index in [1.807, 2.05) is 6.92 Å². The number of rotatable bonds is 3. The van der Waals surface area contributed by atoms with Crippen molar-refractivity contribution in [2.75, 3.05) is 11.1 Å². The molecule has 0 aliphatic rings. The van der Waals surface area contributed by atoms with Crippen molar-refractivity contribution in [1.29, 1.82) is 0 Å². The number of nitrogen functional groups attached to an aromatic ring is 1. The van der Waals surface area contributed by atoms with Crippen molar-refractivity contribution in [3.63, 3.8) is 0 Å². The van der Waals surface area contributed by atoms with E-state index < -0.39 is 11.7 Å². The Morgan fingerprint density at radius 2 is 2.32 bits per heavy atom. The molecular formula is C12H12ClFN4O. The van der Waals surface area contributed by atoms with Crippen LogP contribution in [0.15, 0.2) is 24.4 Å². The lowest BCUT2D eigenvalue weighted by atomic mass is 10.3. The van der Waals surface area contributed by atoms with Crippen LogP contribution in [-0.4, -0.2) is 15.7 Å². The maximum atomic E-state index is 13.1. The van der Waals surface area contributed by atoms with Crippen LogP contribution in [0.5, 0.6) is 0 Å². The molecule has 0 radical (unpaired) electrons. The van der Waals surface area contributed by atoms with Crippen molar-refractivity contribution in [2.45, 2.75) is 13.5 Å². The van der Waals surface area contributed by atoms with E-state index in [4.69, 9.17) is 17.3 Å². The summed E-state index contributed by atoms with van der Waals surface area (Å²) < 4.78 is 14.6. The monoisotopic (exact) mass is 282 g/mol. The predicted octanol–water partition coefficient (Wildman–Crippen LogP) is 2.53. The van der Waals surface area contributed by atoms with Gasteiger partial charge in [-0.05, 0) is 25.1 Å². The molecule has 0 atom stereocenters. The zero-order valence-corrected chi connectivity index (χ0v) is 10.9. The quantitative estimate of drug-likeness (QED) is 0.908. The Morgan fingerprint density at radius 1 is 1.58 bits per heavy atom. The van der Waals surface area contributed by atoms with E-state index in [1.165, 1.54) is 23.0 Å². The fourth-order valence-corrected chi connectivity index (χ4v) is 1.83.